The molecule has 1 fully saturated rings. The number of Topliss-reactive ketones (excluding diaryl/α,β-unsaturated/α-hetero) is 1. The molecular weight excluding hydrogens is 366 g/mol. The van der Waals surface area contributed by atoms with Gasteiger partial charge in [0.2, 0.25) is 0 Å². The molecule has 0 saturated carbocycles. The first kappa shape index (κ1) is 19.0. The maximum absolute atomic E-state index is 12.4. The predicted molar refractivity (Wildman–Crippen MR) is 104 cm³/mol. The lowest BCUT2D eigenvalue weighted by Gasteiger charge is -2.25. The van der Waals surface area contributed by atoms with Gasteiger partial charge in [-0.3, -0.25) is 9.59 Å². The number of aromatic nitrogens is 1. The van der Waals surface area contributed by atoms with Crippen molar-refractivity contribution in [3.63, 3.8) is 0 Å². The fourth-order valence-corrected chi connectivity index (χ4v) is 4.81. The summed E-state index contributed by atoms with van der Waals surface area (Å²) in [6.07, 6.45) is 2.15. The van der Waals surface area contributed by atoms with Gasteiger partial charge in [-0.1, -0.05) is 12.1 Å². The van der Waals surface area contributed by atoms with E-state index in [-0.39, 0.29) is 34.9 Å². The quantitative estimate of drug-likeness (QED) is 0.790. The van der Waals surface area contributed by atoms with Crippen LogP contribution in [0.3, 0.4) is 0 Å². The van der Waals surface area contributed by atoms with Gasteiger partial charge in [0.15, 0.2) is 15.6 Å². The minimum absolute atomic E-state index is 0.0780. The Labute approximate surface area is 158 Å². The van der Waals surface area contributed by atoms with E-state index in [1.54, 1.807) is 42.6 Å². The summed E-state index contributed by atoms with van der Waals surface area (Å²) in [5, 5.41) is 2.72. The van der Waals surface area contributed by atoms with E-state index in [2.05, 4.69) is 10.3 Å². The summed E-state index contributed by atoms with van der Waals surface area (Å²) in [5.41, 5.74) is 2.03. The number of hydrogen-bond donors (Lipinski definition) is 1. The molecule has 3 rings (SSSR count). The molecule has 1 unspecified atom stereocenters. The van der Waals surface area contributed by atoms with E-state index < -0.39 is 9.84 Å². The molecular formula is C19H21N3O4S. The summed E-state index contributed by atoms with van der Waals surface area (Å²) < 4.78 is 23.3. The zero-order valence-corrected chi connectivity index (χ0v) is 16.0. The lowest BCUT2D eigenvalue weighted by Crippen LogP contribution is -2.32. The summed E-state index contributed by atoms with van der Waals surface area (Å²) in [4.78, 5) is 29.9. The average Bonchev–Trinajstić information content (AvgIpc) is 3.01. The second kappa shape index (κ2) is 7.48. The van der Waals surface area contributed by atoms with Gasteiger partial charge >= 0.3 is 0 Å². The number of anilines is 2. The van der Waals surface area contributed by atoms with E-state index in [4.69, 9.17) is 0 Å². The smallest absolute Gasteiger partial charge is 0.274 e. The van der Waals surface area contributed by atoms with Gasteiger partial charge < -0.3 is 10.2 Å². The van der Waals surface area contributed by atoms with Crippen LogP contribution in [0.25, 0.3) is 0 Å². The first-order valence-electron chi connectivity index (χ1n) is 8.57. The van der Waals surface area contributed by atoms with Crippen molar-refractivity contribution < 1.29 is 18.0 Å². The van der Waals surface area contributed by atoms with Crippen molar-refractivity contribution in [2.24, 2.45) is 0 Å². The SMILES string of the molecule is CC(=O)c1cccc(NC(=O)c2ccc(N(C)C3CCS(=O)(=O)C3)cn2)c1. The van der Waals surface area contributed by atoms with Crippen molar-refractivity contribution in [3.8, 4) is 0 Å². The van der Waals surface area contributed by atoms with Crippen LogP contribution in [-0.4, -0.2) is 49.7 Å². The van der Waals surface area contributed by atoms with Gasteiger partial charge in [-0.05, 0) is 37.6 Å². The van der Waals surface area contributed by atoms with Crippen molar-refractivity contribution in [1.82, 2.24) is 4.98 Å². The summed E-state index contributed by atoms with van der Waals surface area (Å²) >= 11 is 0. The van der Waals surface area contributed by atoms with Crippen LogP contribution < -0.4 is 10.2 Å². The highest BCUT2D eigenvalue weighted by molar-refractivity contribution is 7.91. The fourth-order valence-electron chi connectivity index (χ4n) is 3.03. The van der Waals surface area contributed by atoms with Gasteiger partial charge in [-0.15, -0.1) is 0 Å². The molecule has 0 radical (unpaired) electrons. The Balaban J connectivity index is 1.69. The predicted octanol–water partition coefficient (Wildman–Crippen LogP) is 2.16. The molecule has 2 heterocycles. The number of benzene rings is 1. The highest BCUT2D eigenvalue weighted by atomic mass is 32.2. The standard InChI is InChI=1S/C19H21N3O4S/c1-13(23)14-4-3-5-15(10-14)21-19(24)18-7-6-16(11-20-18)22(2)17-8-9-27(25,26)12-17/h3-7,10-11,17H,8-9,12H2,1-2H3,(H,21,24). The maximum atomic E-state index is 12.4. The van der Waals surface area contributed by atoms with Crippen molar-refractivity contribution in [3.05, 3.63) is 53.9 Å². The topological polar surface area (TPSA) is 96.4 Å². The van der Waals surface area contributed by atoms with E-state index in [1.165, 1.54) is 6.92 Å². The first-order valence-corrected chi connectivity index (χ1v) is 10.4. The second-order valence-corrected chi connectivity index (χ2v) is 8.89. The number of ketones is 1. The highest BCUT2D eigenvalue weighted by Gasteiger charge is 2.30. The molecule has 2 aromatic rings. The molecule has 0 spiro atoms. The fraction of sp³-hybridized carbons (Fsp3) is 0.316. The van der Waals surface area contributed by atoms with E-state index in [0.29, 0.717) is 17.7 Å². The van der Waals surface area contributed by atoms with Gasteiger partial charge in [0.25, 0.3) is 5.91 Å². The summed E-state index contributed by atoms with van der Waals surface area (Å²) in [6, 6.07) is 9.97. The number of pyridine rings is 1. The molecule has 1 saturated heterocycles. The van der Waals surface area contributed by atoms with Crippen LogP contribution in [0.5, 0.6) is 0 Å². The first-order chi connectivity index (χ1) is 12.7. The number of nitrogens with one attached hydrogen (secondary N) is 1. The molecule has 1 aromatic heterocycles. The second-order valence-electron chi connectivity index (χ2n) is 6.66. The molecule has 1 aliphatic rings. The number of carbonyl (C=O) groups excluding carboxylic acids is 2. The van der Waals surface area contributed by atoms with Gasteiger partial charge in [0, 0.05) is 24.3 Å². The van der Waals surface area contributed by atoms with E-state index >= 15 is 0 Å². The minimum Gasteiger partial charge on any atom is -0.369 e. The van der Waals surface area contributed by atoms with Crippen molar-refractivity contribution >= 4 is 32.9 Å². The van der Waals surface area contributed by atoms with Crippen LogP contribution in [0.2, 0.25) is 0 Å². The lowest BCUT2D eigenvalue weighted by atomic mass is 10.1. The molecule has 0 bridgehead atoms. The van der Waals surface area contributed by atoms with Gasteiger partial charge in [0.05, 0.1) is 23.4 Å². The molecule has 0 aliphatic carbocycles. The molecule has 8 heteroatoms. The molecule has 1 atom stereocenters. The molecule has 1 aromatic carbocycles. The molecule has 7 nitrogen and oxygen atoms in total. The van der Waals surface area contributed by atoms with Crippen LogP contribution in [0, 0.1) is 0 Å². The third-order valence-electron chi connectivity index (χ3n) is 4.67. The number of nitrogens with zero attached hydrogens (tertiary/aromatic N) is 2. The Morgan fingerprint density at radius 1 is 1.22 bits per heavy atom. The Kier molecular flexibility index (Phi) is 5.27. The molecule has 1 amide bonds. The monoisotopic (exact) mass is 387 g/mol. The Morgan fingerprint density at radius 3 is 2.59 bits per heavy atom. The van der Waals surface area contributed by atoms with E-state index in [9.17, 15) is 18.0 Å². The lowest BCUT2D eigenvalue weighted by molar-refractivity contribution is 0.100. The number of carbonyl (C=O) groups is 2. The minimum atomic E-state index is -2.96. The van der Waals surface area contributed by atoms with Crippen LogP contribution >= 0.6 is 0 Å². The molecule has 27 heavy (non-hydrogen) atoms. The largest absolute Gasteiger partial charge is 0.369 e. The van der Waals surface area contributed by atoms with Gasteiger partial charge in [0.1, 0.15) is 5.69 Å². The van der Waals surface area contributed by atoms with Crippen LogP contribution in [0.15, 0.2) is 42.6 Å². The van der Waals surface area contributed by atoms with Crippen molar-refractivity contribution in [2.75, 3.05) is 28.8 Å². The third-order valence-corrected chi connectivity index (χ3v) is 6.42. The normalized spacial score (nSPS) is 18.1. The Morgan fingerprint density at radius 2 is 2.00 bits per heavy atom. The van der Waals surface area contributed by atoms with E-state index in [1.807, 2.05) is 11.9 Å². The number of sulfone groups is 1. The molecule has 1 aliphatic heterocycles. The number of rotatable bonds is 5. The Hall–Kier alpha value is -2.74. The summed E-state index contributed by atoms with van der Waals surface area (Å²) in [5.74, 6) is -0.119. The number of amides is 1. The van der Waals surface area contributed by atoms with Gasteiger partial charge in [-0.25, -0.2) is 13.4 Å². The summed E-state index contributed by atoms with van der Waals surface area (Å²) in [6.45, 7) is 1.47. The highest BCUT2D eigenvalue weighted by Crippen LogP contribution is 2.22. The third kappa shape index (κ3) is 4.51. The zero-order chi connectivity index (χ0) is 19.6. The van der Waals surface area contributed by atoms with Crippen molar-refractivity contribution in [2.45, 2.75) is 19.4 Å². The molecule has 1 N–H and O–H groups in total. The van der Waals surface area contributed by atoms with Gasteiger partial charge in [-0.2, -0.15) is 0 Å². The average molecular weight is 387 g/mol. The maximum Gasteiger partial charge on any atom is 0.274 e. The molecule has 142 valence electrons. The van der Waals surface area contributed by atoms with Crippen LogP contribution in [0.1, 0.15) is 34.2 Å². The van der Waals surface area contributed by atoms with Crippen molar-refractivity contribution in [1.29, 1.82) is 0 Å². The Bertz CT molecular complexity index is 971. The van der Waals surface area contributed by atoms with Crippen LogP contribution in [0.4, 0.5) is 11.4 Å². The zero-order valence-electron chi connectivity index (χ0n) is 15.2. The van der Waals surface area contributed by atoms with Crippen LogP contribution in [-0.2, 0) is 9.84 Å². The van der Waals surface area contributed by atoms with E-state index in [0.717, 1.165) is 5.69 Å². The summed E-state index contributed by atoms with van der Waals surface area (Å²) in [7, 11) is -1.14. The number of hydrogen-bond acceptors (Lipinski definition) is 6.